The number of carboxylic acid groups (broad SMARTS) is 1. The first-order valence-electron chi connectivity index (χ1n) is 18.9. The SMILES string of the molecule is O=C(O)N(C(c1ccccc1)c1c(F)ccc(OCCCCCCCCCNCC(O)c2ccc(O)c3[nH]c(=O)ccc23)c1F)C1CN2CCC1CC2. The summed E-state index contributed by atoms with van der Waals surface area (Å²) in [5.74, 6) is -1.64. The lowest BCUT2D eigenvalue weighted by Crippen LogP contribution is -2.59. The Balaban J connectivity index is 0.943. The summed E-state index contributed by atoms with van der Waals surface area (Å²) in [4.78, 5) is 30.7. The zero-order valence-corrected chi connectivity index (χ0v) is 30.0. The Morgan fingerprint density at radius 3 is 2.36 bits per heavy atom. The number of piperidine rings is 3. The Labute approximate surface area is 308 Å². The van der Waals surface area contributed by atoms with Gasteiger partial charge in [0, 0.05) is 24.5 Å². The van der Waals surface area contributed by atoms with E-state index in [1.54, 1.807) is 42.5 Å². The highest BCUT2D eigenvalue weighted by Crippen LogP contribution is 2.41. The number of rotatable bonds is 18. The van der Waals surface area contributed by atoms with Crippen LogP contribution in [-0.4, -0.2) is 81.6 Å². The summed E-state index contributed by atoms with van der Waals surface area (Å²) in [6.07, 6.45) is 6.40. The van der Waals surface area contributed by atoms with Gasteiger partial charge in [-0.1, -0.05) is 68.5 Å². The number of nitrogens with one attached hydrogen (secondary N) is 2. The van der Waals surface area contributed by atoms with Gasteiger partial charge >= 0.3 is 6.09 Å². The number of hydrogen-bond acceptors (Lipinski definition) is 7. The van der Waals surface area contributed by atoms with Crippen molar-refractivity contribution in [2.24, 2.45) is 5.92 Å². The van der Waals surface area contributed by atoms with Gasteiger partial charge in [0.05, 0.1) is 35.9 Å². The number of nitrogens with zero attached hydrogens (tertiary/aromatic N) is 2. The molecule has 3 unspecified atom stereocenters. The molecule has 4 aromatic rings. The minimum Gasteiger partial charge on any atom is -0.506 e. The third-order valence-electron chi connectivity index (χ3n) is 10.8. The van der Waals surface area contributed by atoms with Crippen LogP contribution in [0.3, 0.4) is 0 Å². The first-order valence-corrected chi connectivity index (χ1v) is 18.9. The van der Waals surface area contributed by atoms with E-state index in [4.69, 9.17) is 4.74 Å². The number of pyridine rings is 1. The van der Waals surface area contributed by atoms with Crippen molar-refractivity contribution in [3.05, 3.63) is 105 Å². The number of aliphatic hydroxyl groups is 1. The summed E-state index contributed by atoms with van der Waals surface area (Å²) >= 11 is 0. The molecule has 3 aliphatic rings. The summed E-state index contributed by atoms with van der Waals surface area (Å²) in [7, 11) is 0. The molecular weight excluding hydrogens is 682 g/mol. The quantitative estimate of drug-likeness (QED) is 0.0683. The molecule has 3 saturated heterocycles. The van der Waals surface area contributed by atoms with Crippen LogP contribution in [0.5, 0.6) is 11.5 Å². The highest BCUT2D eigenvalue weighted by atomic mass is 19.1. The van der Waals surface area contributed by atoms with Crippen LogP contribution in [0.2, 0.25) is 0 Å². The topological polar surface area (TPSA) is 138 Å². The van der Waals surface area contributed by atoms with Crippen LogP contribution in [0.25, 0.3) is 10.9 Å². The van der Waals surface area contributed by atoms with Crippen molar-refractivity contribution in [2.75, 3.05) is 39.3 Å². The van der Waals surface area contributed by atoms with E-state index in [-0.39, 0.29) is 41.2 Å². The molecule has 10 nitrogen and oxygen atoms in total. The number of fused-ring (bicyclic) bond motifs is 4. The monoisotopic (exact) mass is 732 g/mol. The zero-order valence-electron chi connectivity index (χ0n) is 30.0. The van der Waals surface area contributed by atoms with Crippen molar-refractivity contribution < 1.29 is 33.6 Å². The molecule has 0 radical (unpaired) electrons. The number of H-pyrrole nitrogens is 1. The van der Waals surface area contributed by atoms with Crippen LogP contribution < -0.4 is 15.6 Å². The van der Waals surface area contributed by atoms with Gasteiger partial charge in [-0.2, -0.15) is 0 Å². The van der Waals surface area contributed by atoms with Gasteiger partial charge in [0.1, 0.15) is 11.6 Å². The maximum absolute atomic E-state index is 16.2. The molecule has 3 aromatic carbocycles. The molecule has 0 spiro atoms. The fourth-order valence-electron chi connectivity index (χ4n) is 8.02. The Hall–Kier alpha value is -4.52. The average Bonchev–Trinajstić information content (AvgIpc) is 3.16. The smallest absolute Gasteiger partial charge is 0.408 e. The van der Waals surface area contributed by atoms with E-state index in [0.29, 0.717) is 41.5 Å². The molecule has 1 amide bonds. The van der Waals surface area contributed by atoms with Crippen LogP contribution in [0.1, 0.15) is 86.6 Å². The van der Waals surface area contributed by atoms with Crippen molar-refractivity contribution in [2.45, 2.75) is 76.0 Å². The molecule has 1 aromatic heterocycles. The first kappa shape index (κ1) is 38.2. The van der Waals surface area contributed by atoms with E-state index >= 15 is 8.78 Å². The van der Waals surface area contributed by atoms with E-state index in [0.717, 1.165) is 71.0 Å². The second-order valence-corrected chi connectivity index (χ2v) is 14.3. The number of benzene rings is 3. The van der Waals surface area contributed by atoms with Gasteiger partial charge in [0.2, 0.25) is 5.56 Å². The number of hydrogen-bond donors (Lipinski definition) is 5. The first-order chi connectivity index (χ1) is 25.7. The lowest BCUT2D eigenvalue weighted by molar-refractivity contribution is -0.00174. The van der Waals surface area contributed by atoms with Gasteiger partial charge in [0.25, 0.3) is 0 Å². The minimum absolute atomic E-state index is 0.0391. The van der Waals surface area contributed by atoms with Crippen molar-refractivity contribution >= 4 is 17.0 Å². The second kappa shape index (κ2) is 18.0. The Kier molecular flexibility index (Phi) is 13.0. The molecule has 53 heavy (non-hydrogen) atoms. The third kappa shape index (κ3) is 9.17. The van der Waals surface area contributed by atoms with Gasteiger partial charge in [-0.3, -0.25) is 9.69 Å². The maximum atomic E-state index is 16.2. The molecule has 0 saturated carbocycles. The van der Waals surface area contributed by atoms with Gasteiger partial charge in [-0.25, -0.2) is 13.6 Å². The highest BCUT2D eigenvalue weighted by molar-refractivity contribution is 5.87. The van der Waals surface area contributed by atoms with Crippen molar-refractivity contribution in [1.82, 2.24) is 20.1 Å². The van der Waals surface area contributed by atoms with E-state index in [1.165, 1.54) is 29.2 Å². The summed E-state index contributed by atoms with van der Waals surface area (Å²) in [6.45, 7) is 3.73. The number of phenolic OH excluding ortho intramolecular Hbond substituents is 1. The summed E-state index contributed by atoms with van der Waals surface area (Å²) in [5.41, 5.74) is 0.835. The number of aromatic nitrogens is 1. The van der Waals surface area contributed by atoms with Crippen LogP contribution in [-0.2, 0) is 0 Å². The normalized spacial score (nSPS) is 19.3. The average molecular weight is 733 g/mol. The fraction of sp³-hybridized carbons (Fsp3) is 0.463. The molecule has 12 heteroatoms. The Morgan fingerprint density at radius 2 is 1.66 bits per heavy atom. The van der Waals surface area contributed by atoms with Gasteiger partial charge in [0.15, 0.2) is 11.6 Å². The number of ether oxygens (including phenoxy) is 1. The van der Waals surface area contributed by atoms with Crippen LogP contribution in [0, 0.1) is 17.6 Å². The number of halogens is 2. The number of carbonyl (C=O) groups is 1. The van der Waals surface area contributed by atoms with Crippen LogP contribution in [0.15, 0.2) is 71.5 Å². The lowest BCUT2D eigenvalue weighted by Gasteiger charge is -2.50. The number of unbranched alkanes of at least 4 members (excludes halogenated alkanes) is 6. The third-order valence-corrected chi connectivity index (χ3v) is 10.8. The fourth-order valence-corrected chi connectivity index (χ4v) is 8.02. The van der Waals surface area contributed by atoms with Crippen molar-refractivity contribution in [3.8, 4) is 11.5 Å². The van der Waals surface area contributed by atoms with E-state index in [1.807, 2.05) is 0 Å². The van der Waals surface area contributed by atoms with Crippen LogP contribution in [0.4, 0.5) is 13.6 Å². The molecule has 7 rings (SSSR count). The number of aromatic hydroxyl groups is 1. The molecule has 3 atom stereocenters. The number of aliphatic hydroxyl groups excluding tert-OH is 1. The molecule has 284 valence electrons. The standard InChI is InChI=1S/C41H50F2N4O6/c42-31-15-17-35(38(43)37(31)40(28-11-7-6-8-12-28)47(41(51)52)32-26-46-22-19-27(32)20-23-46)53-24-10-5-3-1-2-4-9-21-44-25-34(49)29-13-16-33(48)39-30(29)14-18-36(50)45-39/h6-8,11-18,27,32,34,40,44,48-49H,1-5,9-10,19-26H2,(H,45,50)(H,51,52). The molecule has 2 bridgehead atoms. The number of amides is 1. The van der Waals surface area contributed by atoms with E-state index < -0.39 is 29.9 Å². The van der Waals surface area contributed by atoms with Gasteiger partial charge in [-0.05, 0) is 86.6 Å². The molecule has 3 fully saturated rings. The predicted octanol–water partition coefficient (Wildman–Crippen LogP) is 7.11. The van der Waals surface area contributed by atoms with E-state index in [2.05, 4.69) is 15.2 Å². The summed E-state index contributed by atoms with van der Waals surface area (Å²) in [5, 5.41) is 35.2. The van der Waals surface area contributed by atoms with Crippen molar-refractivity contribution in [3.63, 3.8) is 0 Å². The summed E-state index contributed by atoms with van der Waals surface area (Å²) < 4.78 is 37.7. The maximum Gasteiger partial charge on any atom is 0.408 e. The van der Waals surface area contributed by atoms with E-state index in [9.17, 15) is 24.9 Å². The Morgan fingerprint density at radius 1 is 0.943 bits per heavy atom. The molecule has 0 aliphatic carbocycles. The number of phenols is 1. The Bertz CT molecular complexity index is 1880. The lowest BCUT2D eigenvalue weighted by atomic mass is 9.81. The van der Waals surface area contributed by atoms with Gasteiger partial charge < -0.3 is 35.3 Å². The molecule has 4 heterocycles. The zero-order chi connectivity index (χ0) is 37.3. The van der Waals surface area contributed by atoms with Crippen LogP contribution >= 0.6 is 0 Å². The molecule has 3 aliphatic heterocycles. The molecular formula is C41H50F2N4O6. The minimum atomic E-state index is -1.20. The second-order valence-electron chi connectivity index (χ2n) is 14.3. The molecule has 5 N–H and O–H groups in total. The number of aromatic amines is 1. The largest absolute Gasteiger partial charge is 0.506 e. The highest BCUT2D eigenvalue weighted by Gasteiger charge is 2.44. The van der Waals surface area contributed by atoms with Gasteiger partial charge in [-0.15, -0.1) is 0 Å². The predicted molar refractivity (Wildman–Crippen MR) is 199 cm³/mol. The summed E-state index contributed by atoms with van der Waals surface area (Å²) in [6, 6.07) is 15.8. The van der Waals surface area contributed by atoms with Crippen molar-refractivity contribution in [1.29, 1.82) is 0 Å².